The van der Waals surface area contributed by atoms with E-state index in [2.05, 4.69) is 5.32 Å². The van der Waals surface area contributed by atoms with Gasteiger partial charge in [-0.3, -0.25) is 19.2 Å². The molecule has 0 heterocycles. The predicted octanol–water partition coefficient (Wildman–Crippen LogP) is 2.56. The lowest BCUT2D eigenvalue weighted by atomic mass is 9.59. The lowest BCUT2D eigenvalue weighted by molar-refractivity contribution is -0.147. The molecule has 3 atom stereocenters. The molecule has 1 unspecified atom stereocenters. The number of aliphatic hydroxyl groups excluding tert-OH is 2. The van der Waals surface area contributed by atoms with Crippen LogP contribution in [0.3, 0.4) is 0 Å². The van der Waals surface area contributed by atoms with Gasteiger partial charge < -0.3 is 31.5 Å². The highest BCUT2D eigenvalue weighted by Gasteiger charge is 2.60. The van der Waals surface area contributed by atoms with Crippen molar-refractivity contribution in [3.8, 4) is 5.75 Å². The van der Waals surface area contributed by atoms with Gasteiger partial charge in [-0.1, -0.05) is 32.9 Å². The number of carbonyl (C=O) groups is 4. The van der Waals surface area contributed by atoms with Gasteiger partial charge in [-0.2, -0.15) is 0 Å². The largest absolute Gasteiger partial charge is 0.508 e. The third-order valence-electron chi connectivity index (χ3n) is 7.81. The van der Waals surface area contributed by atoms with Crippen LogP contribution in [0.4, 0.5) is 5.69 Å². The number of nitrogens with one attached hydrogen (secondary N) is 1. The first-order valence-electron chi connectivity index (χ1n) is 12.2. The first-order valence-corrected chi connectivity index (χ1v) is 12.2. The summed E-state index contributed by atoms with van der Waals surface area (Å²) in [6, 6.07) is 6.76. The van der Waals surface area contributed by atoms with Crippen LogP contribution in [0.5, 0.6) is 5.75 Å². The molecule has 0 bridgehead atoms. The Morgan fingerprint density at radius 2 is 1.76 bits per heavy atom. The van der Waals surface area contributed by atoms with Crippen LogP contribution in [0, 0.1) is 17.3 Å². The zero-order chi connectivity index (χ0) is 27.9. The van der Waals surface area contributed by atoms with Crippen molar-refractivity contribution >= 4 is 45.6 Å². The fourth-order valence-corrected chi connectivity index (χ4v) is 5.78. The first-order chi connectivity index (χ1) is 17.7. The molecule has 0 radical (unpaired) electrons. The van der Waals surface area contributed by atoms with Gasteiger partial charge in [-0.25, -0.2) is 0 Å². The number of anilines is 1. The number of Topliss-reactive ketones (excluding diaryl/α,β-unsaturated/α-hetero) is 2. The minimum Gasteiger partial charge on any atom is -0.508 e. The molecule has 198 valence electrons. The molecule has 3 aliphatic carbocycles. The van der Waals surface area contributed by atoms with E-state index in [0.29, 0.717) is 22.0 Å². The van der Waals surface area contributed by atoms with E-state index in [-0.39, 0.29) is 42.1 Å². The van der Waals surface area contributed by atoms with E-state index >= 15 is 0 Å². The minimum absolute atomic E-state index is 0.00364. The van der Waals surface area contributed by atoms with Crippen molar-refractivity contribution < 1.29 is 39.6 Å². The molecule has 2 aromatic carbocycles. The van der Waals surface area contributed by atoms with Gasteiger partial charge in [-0.05, 0) is 41.8 Å². The number of ketones is 2. The number of phenolic OH excluding ortho intramolecular Hbond substituents is 1. The lowest BCUT2D eigenvalue weighted by Gasteiger charge is -2.46. The second kappa shape index (κ2) is 8.16. The van der Waals surface area contributed by atoms with Gasteiger partial charge in [0.2, 0.25) is 11.7 Å². The average Bonchev–Trinajstić information content (AvgIpc) is 2.81. The first kappa shape index (κ1) is 25.5. The van der Waals surface area contributed by atoms with Crippen LogP contribution in [0.2, 0.25) is 0 Å². The monoisotopic (exact) mass is 520 g/mol. The number of amides is 2. The van der Waals surface area contributed by atoms with Crippen LogP contribution in [0.25, 0.3) is 16.5 Å². The smallest absolute Gasteiger partial charge is 0.255 e. The Morgan fingerprint density at radius 3 is 2.39 bits per heavy atom. The fraction of sp³-hybridized carbons (Fsp3) is 0.357. The van der Waals surface area contributed by atoms with Crippen molar-refractivity contribution in [3.63, 3.8) is 0 Å². The van der Waals surface area contributed by atoms with Gasteiger partial charge in [0.1, 0.15) is 22.8 Å². The topological polar surface area (TPSA) is 187 Å². The van der Waals surface area contributed by atoms with Crippen molar-refractivity contribution in [2.24, 2.45) is 23.0 Å². The number of carbonyl (C=O) groups excluding carboxylic acids is 4. The number of phenols is 1. The summed E-state index contributed by atoms with van der Waals surface area (Å²) in [7, 11) is 0. The van der Waals surface area contributed by atoms with Crippen molar-refractivity contribution in [2.75, 3.05) is 5.32 Å². The Labute approximate surface area is 217 Å². The Kier molecular flexibility index (Phi) is 5.47. The van der Waals surface area contributed by atoms with Gasteiger partial charge in [0.25, 0.3) is 5.91 Å². The van der Waals surface area contributed by atoms with E-state index in [0.717, 1.165) is 0 Å². The summed E-state index contributed by atoms with van der Waals surface area (Å²) in [5.74, 6) is -6.89. The molecule has 7 N–H and O–H groups in total. The van der Waals surface area contributed by atoms with Crippen molar-refractivity contribution in [2.45, 2.75) is 45.6 Å². The normalized spacial score (nSPS) is 25.2. The number of rotatable bonds is 2. The number of primary amides is 1. The van der Waals surface area contributed by atoms with Crippen LogP contribution in [0.15, 0.2) is 41.2 Å². The third kappa shape index (κ3) is 3.51. The number of aliphatic hydroxyl groups is 3. The Morgan fingerprint density at radius 1 is 1.08 bits per heavy atom. The molecular weight excluding hydrogens is 492 g/mol. The van der Waals surface area contributed by atoms with Gasteiger partial charge in [0.05, 0.1) is 5.56 Å². The molecule has 0 aromatic heterocycles. The highest BCUT2D eigenvalue weighted by Crippen LogP contribution is 2.52. The number of fused-ring (bicyclic) bond motifs is 4. The molecule has 3 aliphatic rings. The van der Waals surface area contributed by atoms with E-state index in [1.54, 1.807) is 45.0 Å². The zero-order valence-corrected chi connectivity index (χ0v) is 21.1. The highest BCUT2D eigenvalue weighted by atomic mass is 16.3. The highest BCUT2D eigenvalue weighted by molar-refractivity contribution is 6.22. The van der Waals surface area contributed by atoms with Crippen LogP contribution < -0.4 is 11.1 Å². The Balaban J connectivity index is 1.64. The quantitative estimate of drug-likeness (QED) is 0.326. The van der Waals surface area contributed by atoms with E-state index in [1.807, 2.05) is 0 Å². The summed E-state index contributed by atoms with van der Waals surface area (Å²) in [5.41, 5.74) is 1.93. The Hall–Kier alpha value is -4.18. The molecule has 10 nitrogen and oxygen atoms in total. The lowest BCUT2D eigenvalue weighted by Crippen LogP contribution is -2.58. The molecule has 0 spiro atoms. The molecule has 2 amide bonds. The van der Waals surface area contributed by atoms with Crippen molar-refractivity contribution in [1.82, 2.24) is 0 Å². The Bertz CT molecular complexity index is 1540. The predicted molar refractivity (Wildman–Crippen MR) is 137 cm³/mol. The summed E-state index contributed by atoms with van der Waals surface area (Å²) >= 11 is 0. The average molecular weight is 521 g/mol. The summed E-state index contributed by atoms with van der Waals surface area (Å²) in [4.78, 5) is 50.3. The SMILES string of the molecule is CC(C)(C)C(=O)Nc1ccc2cc3c(c(O)c2c1)C(O)=C1C(=O)[C@]2(O)C(O)=C(C(N)=O)C(=O)C[C@@H]2CC1C3. The molecular formula is C28H28N2O8. The van der Waals surface area contributed by atoms with E-state index < -0.39 is 57.4 Å². The number of benzene rings is 2. The molecule has 0 aliphatic heterocycles. The number of hydrogen-bond donors (Lipinski definition) is 6. The molecule has 5 rings (SSSR count). The fourth-order valence-electron chi connectivity index (χ4n) is 5.78. The molecule has 10 heteroatoms. The van der Waals surface area contributed by atoms with Crippen molar-refractivity contribution in [3.05, 3.63) is 52.3 Å². The van der Waals surface area contributed by atoms with Gasteiger partial charge in [-0.15, -0.1) is 0 Å². The second-order valence-corrected chi connectivity index (χ2v) is 11.3. The number of aromatic hydroxyl groups is 1. The second-order valence-electron chi connectivity index (χ2n) is 11.3. The maximum atomic E-state index is 13.6. The molecule has 38 heavy (non-hydrogen) atoms. The van der Waals surface area contributed by atoms with Crippen molar-refractivity contribution in [1.29, 1.82) is 0 Å². The van der Waals surface area contributed by atoms with Crippen LogP contribution in [0.1, 0.15) is 44.7 Å². The third-order valence-corrected chi connectivity index (χ3v) is 7.81. The molecule has 2 aromatic rings. The van der Waals surface area contributed by atoms with Crippen LogP contribution in [-0.2, 0) is 25.6 Å². The van der Waals surface area contributed by atoms with E-state index in [9.17, 15) is 39.6 Å². The van der Waals surface area contributed by atoms with Gasteiger partial charge >= 0.3 is 0 Å². The summed E-state index contributed by atoms with van der Waals surface area (Å²) in [5, 5.41) is 48.2. The molecule has 1 saturated carbocycles. The zero-order valence-electron chi connectivity index (χ0n) is 21.1. The minimum atomic E-state index is -2.60. The number of nitrogens with two attached hydrogens (primary N) is 1. The number of hydrogen-bond acceptors (Lipinski definition) is 8. The van der Waals surface area contributed by atoms with E-state index in [4.69, 9.17) is 5.73 Å². The van der Waals surface area contributed by atoms with Gasteiger partial charge in [0.15, 0.2) is 11.4 Å². The maximum absolute atomic E-state index is 13.6. The standard InChI is InChI=1S/C28H28N2O8/c1-27(2,3)26(37)30-15-5-4-11-6-12-7-13-8-14-9-17(31)20(25(29)36)24(35)28(14,38)23(34)19(13)22(33)18(12)21(32)16(11)10-15/h4-6,10,13-14,32-33,35,38H,7-9H2,1-3H3,(H2,29,36)(H,30,37)/t13?,14-,28-/m0/s1. The molecule has 0 saturated heterocycles. The van der Waals surface area contributed by atoms with Crippen LogP contribution in [-0.4, -0.2) is 49.4 Å². The van der Waals surface area contributed by atoms with E-state index in [1.165, 1.54) is 0 Å². The molecule has 1 fully saturated rings. The summed E-state index contributed by atoms with van der Waals surface area (Å²) in [6.07, 6.45) is -0.0755. The van der Waals surface area contributed by atoms with Crippen LogP contribution >= 0.6 is 0 Å². The summed E-state index contributed by atoms with van der Waals surface area (Å²) in [6.45, 7) is 5.29. The summed E-state index contributed by atoms with van der Waals surface area (Å²) < 4.78 is 0. The maximum Gasteiger partial charge on any atom is 0.255 e. The van der Waals surface area contributed by atoms with Gasteiger partial charge in [0, 0.05) is 34.4 Å².